The Kier molecular flexibility index (Phi) is 4.11. The molecule has 2 aromatic heterocycles. The molecule has 122 valence electrons. The smallest absolute Gasteiger partial charge is 0.369 e. The third-order valence-corrected chi connectivity index (χ3v) is 3.85. The molecule has 1 aliphatic rings. The largest absolute Gasteiger partial charge is 0.417 e. The number of nitrogens with zero attached hydrogens (tertiary/aromatic N) is 3. The molecule has 0 radical (unpaired) electrons. The molecule has 1 N–H and O–H groups in total. The molecule has 4 nitrogen and oxygen atoms in total. The first kappa shape index (κ1) is 15.6. The minimum Gasteiger partial charge on any atom is -0.369 e. The lowest BCUT2D eigenvalue weighted by molar-refractivity contribution is -0.137. The zero-order valence-electron chi connectivity index (χ0n) is 12.7. The summed E-state index contributed by atoms with van der Waals surface area (Å²) in [4.78, 5) is 10.4. The number of halogens is 3. The Morgan fingerprint density at radius 2 is 2.09 bits per heavy atom. The highest BCUT2D eigenvalue weighted by Crippen LogP contribution is 2.33. The molecule has 0 bridgehead atoms. The van der Waals surface area contributed by atoms with Gasteiger partial charge >= 0.3 is 6.18 Å². The first-order valence-electron chi connectivity index (χ1n) is 7.51. The number of fused-ring (bicyclic) bond motifs is 1. The van der Waals surface area contributed by atoms with E-state index >= 15 is 0 Å². The maximum atomic E-state index is 12.8. The minimum atomic E-state index is -4.41. The maximum Gasteiger partial charge on any atom is 0.417 e. The summed E-state index contributed by atoms with van der Waals surface area (Å²) in [5.41, 5.74) is 1.05. The van der Waals surface area contributed by atoms with Crippen molar-refractivity contribution in [3.05, 3.63) is 36.2 Å². The van der Waals surface area contributed by atoms with E-state index in [-0.39, 0.29) is 0 Å². The summed E-state index contributed by atoms with van der Waals surface area (Å²) in [7, 11) is 0. The Hall–Kier alpha value is -2.31. The van der Waals surface area contributed by atoms with Crippen molar-refractivity contribution in [2.24, 2.45) is 0 Å². The fraction of sp³-hybridized carbons (Fsp3) is 0.375. The summed E-state index contributed by atoms with van der Waals surface area (Å²) in [5, 5.41) is 3.25. The molecule has 0 unspecified atom stereocenters. The summed E-state index contributed by atoms with van der Waals surface area (Å²) < 4.78 is 38.5. The van der Waals surface area contributed by atoms with Crippen LogP contribution in [0.1, 0.15) is 18.9 Å². The van der Waals surface area contributed by atoms with E-state index in [0.29, 0.717) is 17.1 Å². The lowest BCUT2D eigenvalue weighted by Crippen LogP contribution is -2.23. The van der Waals surface area contributed by atoms with Gasteiger partial charge in [-0.2, -0.15) is 13.2 Å². The SMILES string of the molecule is CCN1CCCNc2nc(-c3cncc(C(F)(F)F)c3)ccc21. The second kappa shape index (κ2) is 6.06. The van der Waals surface area contributed by atoms with Crippen LogP contribution in [-0.4, -0.2) is 29.6 Å². The quantitative estimate of drug-likeness (QED) is 0.913. The molecule has 1 aliphatic heterocycles. The predicted molar refractivity (Wildman–Crippen MR) is 83.5 cm³/mol. The fourth-order valence-corrected chi connectivity index (χ4v) is 2.66. The zero-order valence-corrected chi connectivity index (χ0v) is 12.7. The van der Waals surface area contributed by atoms with Gasteiger partial charge in [-0.05, 0) is 31.5 Å². The van der Waals surface area contributed by atoms with Gasteiger partial charge in [0, 0.05) is 37.6 Å². The average molecular weight is 322 g/mol. The van der Waals surface area contributed by atoms with E-state index in [1.165, 1.54) is 6.20 Å². The number of rotatable bonds is 2. The van der Waals surface area contributed by atoms with Crippen LogP contribution in [0.4, 0.5) is 24.7 Å². The molecule has 0 atom stereocenters. The highest BCUT2D eigenvalue weighted by molar-refractivity contribution is 5.72. The van der Waals surface area contributed by atoms with E-state index in [1.54, 1.807) is 6.07 Å². The van der Waals surface area contributed by atoms with Crippen molar-refractivity contribution in [1.29, 1.82) is 0 Å². The monoisotopic (exact) mass is 322 g/mol. The number of pyridine rings is 2. The van der Waals surface area contributed by atoms with Crippen LogP contribution in [0.25, 0.3) is 11.3 Å². The fourth-order valence-electron chi connectivity index (χ4n) is 2.66. The van der Waals surface area contributed by atoms with Gasteiger partial charge in [0.05, 0.1) is 16.9 Å². The number of alkyl halides is 3. The van der Waals surface area contributed by atoms with E-state index in [9.17, 15) is 13.2 Å². The van der Waals surface area contributed by atoms with E-state index in [4.69, 9.17) is 0 Å². The Balaban J connectivity index is 2.00. The average Bonchev–Trinajstić information content (AvgIpc) is 2.75. The molecule has 3 heterocycles. The minimum absolute atomic E-state index is 0.358. The first-order chi connectivity index (χ1) is 11.0. The highest BCUT2D eigenvalue weighted by Gasteiger charge is 2.31. The molecule has 0 fully saturated rings. The molecule has 0 saturated heterocycles. The van der Waals surface area contributed by atoms with Crippen molar-refractivity contribution < 1.29 is 13.2 Å². The van der Waals surface area contributed by atoms with E-state index < -0.39 is 11.7 Å². The number of aromatic nitrogens is 2. The van der Waals surface area contributed by atoms with Gasteiger partial charge in [-0.15, -0.1) is 0 Å². The molecular weight excluding hydrogens is 305 g/mol. The van der Waals surface area contributed by atoms with Crippen molar-refractivity contribution in [3.63, 3.8) is 0 Å². The molecule has 0 aliphatic carbocycles. The molecular formula is C16H17F3N4. The Morgan fingerprint density at radius 3 is 2.83 bits per heavy atom. The molecule has 0 spiro atoms. The van der Waals surface area contributed by atoms with Crippen LogP contribution in [0.15, 0.2) is 30.6 Å². The topological polar surface area (TPSA) is 41.0 Å². The molecule has 23 heavy (non-hydrogen) atoms. The van der Waals surface area contributed by atoms with Gasteiger partial charge in [-0.1, -0.05) is 0 Å². The maximum absolute atomic E-state index is 12.8. The Labute approximate surface area is 132 Å². The summed E-state index contributed by atoms with van der Waals surface area (Å²) in [6.07, 6.45) is -1.20. The van der Waals surface area contributed by atoms with Crippen LogP contribution in [0.5, 0.6) is 0 Å². The summed E-state index contributed by atoms with van der Waals surface area (Å²) in [6.45, 7) is 4.66. The van der Waals surface area contributed by atoms with Gasteiger partial charge in [0.25, 0.3) is 0 Å². The number of anilines is 2. The molecule has 0 saturated carbocycles. The van der Waals surface area contributed by atoms with Gasteiger partial charge in [0.2, 0.25) is 0 Å². The Bertz CT molecular complexity index is 700. The van der Waals surface area contributed by atoms with Gasteiger partial charge in [0.15, 0.2) is 0 Å². The second-order valence-corrected chi connectivity index (χ2v) is 5.38. The Morgan fingerprint density at radius 1 is 1.26 bits per heavy atom. The molecule has 2 aromatic rings. The summed E-state index contributed by atoms with van der Waals surface area (Å²) >= 11 is 0. The van der Waals surface area contributed by atoms with Crippen molar-refractivity contribution >= 4 is 11.5 Å². The highest BCUT2D eigenvalue weighted by atomic mass is 19.4. The van der Waals surface area contributed by atoms with Gasteiger partial charge in [0.1, 0.15) is 5.82 Å². The normalized spacial score (nSPS) is 14.9. The number of hydrogen-bond acceptors (Lipinski definition) is 4. The standard InChI is InChI=1S/C16H17F3N4/c1-2-23-7-3-6-21-15-14(23)5-4-13(22-15)11-8-12(10-20-9-11)16(17,18)19/h4-5,8-10H,2-3,6-7H2,1H3,(H,21,22). The zero-order chi connectivity index (χ0) is 16.4. The van der Waals surface area contributed by atoms with Crippen molar-refractivity contribution in [2.45, 2.75) is 19.5 Å². The van der Waals surface area contributed by atoms with Gasteiger partial charge in [-0.3, -0.25) is 4.98 Å². The van der Waals surface area contributed by atoms with E-state index in [2.05, 4.69) is 27.1 Å². The molecule has 0 aromatic carbocycles. The first-order valence-corrected chi connectivity index (χ1v) is 7.51. The number of nitrogens with one attached hydrogen (secondary N) is 1. The van der Waals surface area contributed by atoms with Crippen LogP contribution in [0.3, 0.4) is 0 Å². The van der Waals surface area contributed by atoms with E-state index in [1.807, 2.05) is 6.07 Å². The molecule has 0 amide bonds. The van der Waals surface area contributed by atoms with Crippen LogP contribution >= 0.6 is 0 Å². The van der Waals surface area contributed by atoms with Crippen LogP contribution < -0.4 is 10.2 Å². The third kappa shape index (κ3) is 3.23. The van der Waals surface area contributed by atoms with Gasteiger partial charge in [-0.25, -0.2) is 4.98 Å². The lowest BCUT2D eigenvalue weighted by Gasteiger charge is -2.22. The van der Waals surface area contributed by atoms with Crippen molar-refractivity contribution in [2.75, 3.05) is 29.9 Å². The molecule has 3 rings (SSSR count). The summed E-state index contributed by atoms with van der Waals surface area (Å²) in [5.74, 6) is 0.708. The third-order valence-electron chi connectivity index (χ3n) is 3.85. The van der Waals surface area contributed by atoms with Crippen LogP contribution in [0, 0.1) is 0 Å². The van der Waals surface area contributed by atoms with Crippen molar-refractivity contribution in [3.8, 4) is 11.3 Å². The summed E-state index contributed by atoms with van der Waals surface area (Å²) in [6, 6.07) is 4.72. The van der Waals surface area contributed by atoms with Crippen molar-refractivity contribution in [1.82, 2.24) is 9.97 Å². The number of hydrogen-bond donors (Lipinski definition) is 1. The van der Waals surface area contributed by atoms with E-state index in [0.717, 1.165) is 44.0 Å². The van der Waals surface area contributed by atoms with Gasteiger partial charge < -0.3 is 10.2 Å². The second-order valence-electron chi connectivity index (χ2n) is 5.38. The van der Waals surface area contributed by atoms with Crippen LogP contribution in [-0.2, 0) is 6.18 Å². The van der Waals surface area contributed by atoms with Crippen LogP contribution in [0.2, 0.25) is 0 Å². The predicted octanol–water partition coefficient (Wildman–Crippen LogP) is 3.80. The molecule has 7 heteroatoms. The lowest BCUT2D eigenvalue weighted by atomic mass is 10.1.